The Labute approximate surface area is 93.1 Å². The lowest BCUT2D eigenvalue weighted by molar-refractivity contribution is 0.314. The van der Waals surface area contributed by atoms with E-state index in [-0.39, 0.29) is 0 Å². The van der Waals surface area contributed by atoms with E-state index in [1.165, 1.54) is 0 Å². The average Bonchev–Trinajstić information content (AvgIpc) is 2.07. The largest absolute Gasteiger partial charge is 0.411 e. The number of rotatable bonds is 5. The zero-order valence-electron chi connectivity index (χ0n) is 8.65. The molecule has 0 spiro atoms. The molecule has 8 nitrogen and oxygen atoms in total. The molecule has 16 heavy (non-hydrogen) atoms. The van der Waals surface area contributed by atoms with Crippen molar-refractivity contribution < 1.29 is 27.3 Å². The highest BCUT2D eigenvalue weighted by molar-refractivity contribution is 7.92. The van der Waals surface area contributed by atoms with Gasteiger partial charge in [0.05, 0.1) is 11.5 Å². The molecular weight excluding hydrogens is 260 g/mol. The molecule has 0 aromatic carbocycles. The quantitative estimate of drug-likeness (QED) is 0.364. The van der Waals surface area contributed by atoms with Gasteiger partial charge in [-0.15, -0.1) is 0 Å². The third-order valence-corrected chi connectivity index (χ3v) is 2.97. The summed E-state index contributed by atoms with van der Waals surface area (Å²) in [6, 6.07) is 0. The van der Waals surface area contributed by atoms with Crippen molar-refractivity contribution >= 4 is 31.1 Å². The van der Waals surface area contributed by atoms with Crippen molar-refractivity contribution in [3.63, 3.8) is 0 Å². The van der Waals surface area contributed by atoms with Crippen molar-refractivity contribution in [3.05, 3.63) is 0 Å². The topological polar surface area (TPSA) is 133 Å². The second kappa shape index (κ2) is 5.25. The van der Waals surface area contributed by atoms with Crippen molar-refractivity contribution in [1.82, 2.24) is 0 Å². The van der Waals surface area contributed by atoms with E-state index in [9.17, 15) is 16.8 Å². The predicted molar refractivity (Wildman–Crippen MR) is 57.9 cm³/mol. The summed E-state index contributed by atoms with van der Waals surface area (Å²) >= 11 is 0. The summed E-state index contributed by atoms with van der Waals surface area (Å²) in [5.74, 6) is -1.42. The molecule has 0 amide bonds. The minimum Gasteiger partial charge on any atom is -0.411 e. The predicted octanol–water partition coefficient (Wildman–Crippen LogP) is -1.26. The molecule has 0 bridgehead atoms. The Balaban J connectivity index is 5.12. The zero-order valence-corrected chi connectivity index (χ0v) is 10.3. The van der Waals surface area contributed by atoms with Crippen LogP contribution in [-0.4, -0.2) is 62.7 Å². The van der Waals surface area contributed by atoms with Gasteiger partial charge in [0.1, 0.15) is 11.4 Å². The lowest BCUT2D eigenvalue weighted by atomic mass is 10.3. The summed E-state index contributed by atoms with van der Waals surface area (Å²) in [5.41, 5.74) is -1.01. The molecule has 0 aromatic rings. The lowest BCUT2D eigenvalue weighted by Crippen LogP contribution is -2.29. The van der Waals surface area contributed by atoms with Crippen molar-refractivity contribution in [2.24, 2.45) is 10.3 Å². The summed E-state index contributed by atoms with van der Waals surface area (Å²) in [4.78, 5) is 0. The van der Waals surface area contributed by atoms with Crippen LogP contribution in [-0.2, 0) is 19.7 Å². The van der Waals surface area contributed by atoms with Gasteiger partial charge in [-0.2, -0.15) is 0 Å². The van der Waals surface area contributed by atoms with E-state index in [0.29, 0.717) is 0 Å². The third kappa shape index (κ3) is 6.35. The number of hydrogen-bond donors (Lipinski definition) is 2. The van der Waals surface area contributed by atoms with Crippen LogP contribution < -0.4 is 0 Å². The number of hydrogen-bond acceptors (Lipinski definition) is 8. The molecule has 0 saturated carbocycles. The first-order chi connectivity index (χ1) is 7.09. The Morgan fingerprint density at radius 1 is 0.875 bits per heavy atom. The highest BCUT2D eigenvalue weighted by Crippen LogP contribution is 1.95. The second-order valence-corrected chi connectivity index (χ2v) is 7.51. The van der Waals surface area contributed by atoms with Gasteiger partial charge in [0.2, 0.25) is 0 Å². The lowest BCUT2D eigenvalue weighted by Gasteiger charge is -2.04. The van der Waals surface area contributed by atoms with Crippen LogP contribution in [0.4, 0.5) is 0 Å². The van der Waals surface area contributed by atoms with Crippen molar-refractivity contribution in [3.8, 4) is 0 Å². The first kappa shape index (κ1) is 14.8. The Morgan fingerprint density at radius 3 is 1.25 bits per heavy atom. The first-order valence-corrected chi connectivity index (χ1v) is 7.99. The fourth-order valence-electron chi connectivity index (χ4n) is 0.836. The summed E-state index contributed by atoms with van der Waals surface area (Å²) in [7, 11) is -7.05. The van der Waals surface area contributed by atoms with E-state index >= 15 is 0 Å². The Morgan fingerprint density at radius 2 is 1.12 bits per heavy atom. The van der Waals surface area contributed by atoms with E-state index in [1.54, 1.807) is 0 Å². The van der Waals surface area contributed by atoms with Gasteiger partial charge < -0.3 is 10.4 Å². The number of sulfone groups is 2. The van der Waals surface area contributed by atoms with Gasteiger partial charge in [0, 0.05) is 12.5 Å². The van der Waals surface area contributed by atoms with E-state index in [4.69, 9.17) is 10.4 Å². The third-order valence-electron chi connectivity index (χ3n) is 1.37. The number of oxime groups is 2. The second-order valence-electron chi connectivity index (χ2n) is 3.23. The molecule has 0 aromatic heterocycles. The molecule has 0 aliphatic heterocycles. The van der Waals surface area contributed by atoms with Crippen molar-refractivity contribution in [1.29, 1.82) is 0 Å². The van der Waals surface area contributed by atoms with Crippen molar-refractivity contribution in [2.45, 2.75) is 0 Å². The molecule has 0 radical (unpaired) electrons. The molecule has 0 unspecified atom stereocenters. The monoisotopic (exact) mass is 272 g/mol. The maximum absolute atomic E-state index is 10.9. The van der Waals surface area contributed by atoms with Gasteiger partial charge in [-0.25, -0.2) is 16.8 Å². The SMILES string of the molecule is CS(=O)(=O)CC(=NO)C(CS(C)(=O)=O)=NO. The van der Waals surface area contributed by atoms with Crippen LogP contribution >= 0.6 is 0 Å². The summed E-state index contributed by atoms with van der Waals surface area (Å²) in [5, 5.41) is 22.3. The molecule has 0 aliphatic rings. The van der Waals surface area contributed by atoms with Crippen molar-refractivity contribution in [2.75, 3.05) is 24.0 Å². The van der Waals surface area contributed by atoms with Crippen LogP contribution in [0, 0.1) is 0 Å². The molecule has 0 atom stereocenters. The van der Waals surface area contributed by atoms with Gasteiger partial charge in [0.15, 0.2) is 19.7 Å². The highest BCUT2D eigenvalue weighted by Gasteiger charge is 2.20. The van der Waals surface area contributed by atoms with Crippen LogP contribution in [0.15, 0.2) is 10.3 Å². The molecule has 0 saturated heterocycles. The maximum atomic E-state index is 10.9. The minimum atomic E-state index is -3.52. The van der Waals surface area contributed by atoms with Gasteiger partial charge >= 0.3 is 0 Å². The number of nitrogens with zero attached hydrogens (tertiary/aromatic N) is 2. The molecule has 0 aliphatic carbocycles. The van der Waals surface area contributed by atoms with Crippen LogP contribution in [0.2, 0.25) is 0 Å². The average molecular weight is 272 g/mol. The van der Waals surface area contributed by atoms with E-state index in [1.807, 2.05) is 0 Å². The Hall–Kier alpha value is -1.16. The summed E-state index contributed by atoms with van der Waals surface area (Å²) in [6.07, 6.45) is 1.74. The molecular formula is C6H12N2O6S2. The van der Waals surface area contributed by atoms with E-state index in [0.717, 1.165) is 12.5 Å². The Kier molecular flexibility index (Phi) is 4.87. The van der Waals surface area contributed by atoms with E-state index < -0.39 is 42.6 Å². The molecule has 0 heterocycles. The summed E-state index contributed by atoms with van der Waals surface area (Å²) < 4.78 is 43.6. The Bertz CT molecular complexity index is 453. The van der Waals surface area contributed by atoms with Gasteiger partial charge in [-0.1, -0.05) is 10.3 Å². The van der Waals surface area contributed by atoms with Crippen LogP contribution in [0.1, 0.15) is 0 Å². The highest BCUT2D eigenvalue weighted by atomic mass is 32.2. The normalized spacial score (nSPS) is 15.1. The molecule has 10 heteroatoms. The molecule has 94 valence electrons. The van der Waals surface area contributed by atoms with E-state index in [2.05, 4.69) is 10.3 Å². The summed E-state index contributed by atoms with van der Waals surface area (Å²) in [6.45, 7) is 0. The smallest absolute Gasteiger partial charge is 0.153 e. The fourth-order valence-corrected chi connectivity index (χ4v) is 2.28. The van der Waals surface area contributed by atoms with Crippen LogP contribution in [0.5, 0.6) is 0 Å². The maximum Gasteiger partial charge on any atom is 0.153 e. The zero-order chi connectivity index (χ0) is 13.0. The molecule has 2 N–H and O–H groups in total. The van der Waals surface area contributed by atoms with Crippen LogP contribution in [0.25, 0.3) is 0 Å². The van der Waals surface area contributed by atoms with Gasteiger partial charge in [-0.05, 0) is 0 Å². The first-order valence-electron chi connectivity index (χ1n) is 3.86. The van der Waals surface area contributed by atoms with Crippen LogP contribution in [0.3, 0.4) is 0 Å². The fraction of sp³-hybridized carbons (Fsp3) is 0.667. The standard InChI is InChI=1S/C6H12N2O6S2/c1-15(11,12)3-5(7-9)6(8-10)4-16(2,13)14/h9-10H,3-4H2,1-2H3. The molecule has 0 rings (SSSR count). The van der Waals surface area contributed by atoms with Gasteiger partial charge in [0.25, 0.3) is 0 Å². The molecule has 0 fully saturated rings. The minimum absolute atomic E-state index is 0.504. The van der Waals surface area contributed by atoms with Gasteiger partial charge in [-0.3, -0.25) is 0 Å².